The maximum absolute atomic E-state index is 10.9. The van der Waals surface area contributed by atoms with Gasteiger partial charge in [-0.2, -0.15) is 0 Å². The summed E-state index contributed by atoms with van der Waals surface area (Å²) in [5.41, 5.74) is 4.05. The highest BCUT2D eigenvalue weighted by Gasteiger charge is 2.09. The second-order valence-electron chi connectivity index (χ2n) is 4.07. The largest absolute Gasteiger partial charge is 0.478 e. The van der Waals surface area contributed by atoms with Gasteiger partial charge in [-0.1, -0.05) is 6.07 Å². The second-order valence-corrected chi connectivity index (χ2v) is 5.01. The number of thiazole rings is 1. The molecule has 1 aromatic heterocycles. The molecule has 0 fully saturated rings. The Labute approximate surface area is 110 Å². The minimum atomic E-state index is -0.903. The van der Waals surface area contributed by atoms with Crippen LogP contribution in [-0.2, 0) is 6.54 Å². The lowest BCUT2D eigenvalue weighted by Gasteiger charge is -2.19. The van der Waals surface area contributed by atoms with Crippen LogP contribution in [0.1, 0.15) is 20.9 Å². The zero-order valence-corrected chi connectivity index (χ0v) is 11.1. The lowest BCUT2D eigenvalue weighted by molar-refractivity contribution is 0.0697. The molecule has 0 amide bonds. The van der Waals surface area contributed by atoms with Crippen LogP contribution in [0.4, 0.5) is 5.69 Å². The van der Waals surface area contributed by atoms with E-state index in [4.69, 9.17) is 5.11 Å². The maximum Gasteiger partial charge on any atom is 0.335 e. The van der Waals surface area contributed by atoms with Crippen LogP contribution in [0.15, 0.2) is 29.8 Å². The van der Waals surface area contributed by atoms with Crippen LogP contribution < -0.4 is 4.90 Å². The predicted molar refractivity (Wildman–Crippen MR) is 72.4 cm³/mol. The van der Waals surface area contributed by atoms with E-state index < -0.39 is 5.97 Å². The summed E-state index contributed by atoms with van der Waals surface area (Å²) in [6.07, 6.45) is 0. The average Bonchev–Trinajstić information content (AvgIpc) is 2.75. The van der Waals surface area contributed by atoms with Gasteiger partial charge in [-0.25, -0.2) is 9.78 Å². The summed E-state index contributed by atoms with van der Waals surface area (Å²) in [6, 6.07) is 6.94. The lowest BCUT2D eigenvalue weighted by atomic mass is 10.2. The molecule has 0 radical (unpaired) electrons. The highest BCUT2D eigenvalue weighted by molar-refractivity contribution is 7.09. The standard InChI is InChI=1S/C13H14N2O2S/c1-9-12(18-8-14-9)7-15(2)11-5-3-4-10(6-11)13(16)17/h3-6,8H,7H2,1-2H3,(H,16,17). The van der Waals surface area contributed by atoms with E-state index in [9.17, 15) is 4.79 Å². The Kier molecular flexibility index (Phi) is 3.62. The number of aromatic carboxylic acids is 1. The number of nitrogens with zero attached hydrogens (tertiary/aromatic N) is 2. The summed E-state index contributed by atoms with van der Waals surface area (Å²) in [5, 5.41) is 8.97. The van der Waals surface area contributed by atoms with E-state index in [0.717, 1.165) is 17.9 Å². The Morgan fingerprint density at radius 1 is 1.50 bits per heavy atom. The van der Waals surface area contributed by atoms with Gasteiger partial charge < -0.3 is 10.0 Å². The van der Waals surface area contributed by atoms with Gasteiger partial charge in [0.15, 0.2) is 0 Å². The van der Waals surface area contributed by atoms with E-state index >= 15 is 0 Å². The topological polar surface area (TPSA) is 53.4 Å². The molecule has 2 rings (SSSR count). The highest BCUT2D eigenvalue weighted by atomic mass is 32.1. The molecule has 0 spiro atoms. The molecule has 0 atom stereocenters. The van der Waals surface area contributed by atoms with Gasteiger partial charge in [0.1, 0.15) is 0 Å². The maximum atomic E-state index is 10.9. The summed E-state index contributed by atoms with van der Waals surface area (Å²) in [4.78, 5) is 18.3. The van der Waals surface area contributed by atoms with Gasteiger partial charge in [-0.3, -0.25) is 0 Å². The first-order valence-corrected chi connectivity index (χ1v) is 6.39. The Balaban J connectivity index is 2.18. The summed E-state index contributed by atoms with van der Waals surface area (Å²) < 4.78 is 0. The fourth-order valence-electron chi connectivity index (χ4n) is 1.66. The van der Waals surface area contributed by atoms with Crippen LogP contribution in [0.3, 0.4) is 0 Å². The number of hydrogen-bond donors (Lipinski definition) is 1. The molecular formula is C13H14N2O2S. The molecule has 2 aromatic rings. The number of aromatic nitrogens is 1. The third-order valence-electron chi connectivity index (χ3n) is 2.76. The second kappa shape index (κ2) is 5.18. The monoisotopic (exact) mass is 262 g/mol. The number of aryl methyl sites for hydroxylation is 1. The van der Waals surface area contributed by atoms with E-state index in [1.807, 2.05) is 30.4 Å². The van der Waals surface area contributed by atoms with Crippen LogP contribution in [0.25, 0.3) is 0 Å². The smallest absolute Gasteiger partial charge is 0.335 e. The molecule has 0 aliphatic heterocycles. The molecule has 4 nitrogen and oxygen atoms in total. The van der Waals surface area contributed by atoms with Crippen molar-refractivity contribution in [2.24, 2.45) is 0 Å². The number of carboxylic acids is 1. The van der Waals surface area contributed by atoms with Crippen molar-refractivity contribution >= 4 is 23.0 Å². The first kappa shape index (κ1) is 12.6. The number of anilines is 1. The van der Waals surface area contributed by atoms with Gasteiger partial charge >= 0.3 is 5.97 Å². The van der Waals surface area contributed by atoms with Crippen molar-refractivity contribution in [2.45, 2.75) is 13.5 Å². The quantitative estimate of drug-likeness (QED) is 0.920. The molecule has 0 aliphatic rings. The lowest BCUT2D eigenvalue weighted by Crippen LogP contribution is -2.16. The zero-order chi connectivity index (χ0) is 13.1. The van der Waals surface area contributed by atoms with Crippen molar-refractivity contribution in [3.63, 3.8) is 0 Å². The van der Waals surface area contributed by atoms with Gasteiger partial charge in [-0.05, 0) is 25.1 Å². The number of rotatable bonds is 4. The van der Waals surface area contributed by atoms with Crippen LogP contribution in [0.2, 0.25) is 0 Å². The fourth-order valence-corrected chi connectivity index (χ4v) is 2.49. The highest BCUT2D eigenvalue weighted by Crippen LogP contribution is 2.20. The number of hydrogen-bond acceptors (Lipinski definition) is 4. The van der Waals surface area contributed by atoms with Gasteiger partial charge in [-0.15, -0.1) is 11.3 Å². The van der Waals surface area contributed by atoms with Crippen LogP contribution in [-0.4, -0.2) is 23.1 Å². The fraction of sp³-hybridized carbons (Fsp3) is 0.231. The molecule has 18 heavy (non-hydrogen) atoms. The van der Waals surface area contributed by atoms with Gasteiger partial charge in [0.2, 0.25) is 0 Å². The van der Waals surface area contributed by atoms with E-state index in [1.54, 1.807) is 29.5 Å². The van der Waals surface area contributed by atoms with Crippen molar-refractivity contribution in [2.75, 3.05) is 11.9 Å². The van der Waals surface area contributed by atoms with E-state index in [2.05, 4.69) is 4.98 Å². The van der Waals surface area contributed by atoms with Crippen molar-refractivity contribution in [3.8, 4) is 0 Å². The molecule has 94 valence electrons. The van der Waals surface area contributed by atoms with Gasteiger partial charge in [0.25, 0.3) is 0 Å². The Morgan fingerprint density at radius 2 is 2.28 bits per heavy atom. The van der Waals surface area contributed by atoms with Crippen LogP contribution in [0, 0.1) is 6.92 Å². The molecule has 0 saturated heterocycles. The molecule has 0 bridgehead atoms. The third-order valence-corrected chi connectivity index (χ3v) is 3.68. The normalized spacial score (nSPS) is 10.3. The SMILES string of the molecule is Cc1ncsc1CN(C)c1cccc(C(=O)O)c1. The molecule has 0 unspecified atom stereocenters. The summed E-state index contributed by atoms with van der Waals surface area (Å²) >= 11 is 1.61. The van der Waals surface area contributed by atoms with Crippen LogP contribution in [0.5, 0.6) is 0 Å². The first-order valence-electron chi connectivity index (χ1n) is 5.51. The first-order chi connectivity index (χ1) is 8.58. The predicted octanol–water partition coefficient (Wildman–Crippen LogP) is 2.79. The molecule has 1 aromatic carbocycles. The Bertz CT molecular complexity index is 566. The minimum Gasteiger partial charge on any atom is -0.478 e. The van der Waals surface area contributed by atoms with Gasteiger partial charge in [0.05, 0.1) is 23.3 Å². The van der Waals surface area contributed by atoms with Gasteiger partial charge in [0, 0.05) is 17.6 Å². The molecule has 0 saturated carbocycles. The molecule has 0 aliphatic carbocycles. The number of benzene rings is 1. The van der Waals surface area contributed by atoms with E-state index in [1.165, 1.54) is 4.88 Å². The van der Waals surface area contributed by atoms with Crippen molar-refractivity contribution in [1.29, 1.82) is 0 Å². The summed E-state index contributed by atoms with van der Waals surface area (Å²) in [7, 11) is 1.94. The zero-order valence-electron chi connectivity index (χ0n) is 10.3. The van der Waals surface area contributed by atoms with E-state index in [-0.39, 0.29) is 0 Å². The Hall–Kier alpha value is -1.88. The number of carboxylic acid groups (broad SMARTS) is 1. The molecule has 1 heterocycles. The molecule has 1 N–H and O–H groups in total. The molecular weight excluding hydrogens is 248 g/mol. The van der Waals surface area contributed by atoms with Crippen molar-refractivity contribution in [3.05, 3.63) is 45.9 Å². The average molecular weight is 262 g/mol. The summed E-state index contributed by atoms with van der Waals surface area (Å²) in [6.45, 7) is 2.72. The van der Waals surface area contributed by atoms with Crippen molar-refractivity contribution in [1.82, 2.24) is 4.98 Å². The Morgan fingerprint density at radius 3 is 2.89 bits per heavy atom. The van der Waals surface area contributed by atoms with Crippen molar-refractivity contribution < 1.29 is 9.90 Å². The third kappa shape index (κ3) is 2.68. The summed E-state index contributed by atoms with van der Waals surface area (Å²) in [5.74, 6) is -0.903. The molecule has 5 heteroatoms. The minimum absolute atomic E-state index is 0.306. The van der Waals surface area contributed by atoms with Crippen LogP contribution >= 0.6 is 11.3 Å². The van der Waals surface area contributed by atoms with E-state index in [0.29, 0.717) is 5.56 Å². The number of carbonyl (C=O) groups is 1.